The maximum atomic E-state index is 12.4. The summed E-state index contributed by atoms with van der Waals surface area (Å²) in [5, 5.41) is 5.61. The number of benzene rings is 2. The van der Waals surface area contributed by atoms with Crippen molar-refractivity contribution < 1.29 is 19.1 Å². The van der Waals surface area contributed by atoms with E-state index in [1.807, 2.05) is 51.1 Å². The monoisotopic (exact) mass is 414 g/mol. The Labute approximate surface area is 175 Å². The van der Waals surface area contributed by atoms with Crippen LogP contribution in [0.5, 0.6) is 0 Å². The van der Waals surface area contributed by atoms with Gasteiger partial charge in [0.05, 0.1) is 17.4 Å². The number of thioether (sulfide) groups is 1. The Morgan fingerprint density at radius 1 is 0.897 bits per heavy atom. The maximum Gasteiger partial charge on any atom is 0.339 e. The van der Waals surface area contributed by atoms with Crippen molar-refractivity contribution in [3.05, 3.63) is 65.7 Å². The zero-order valence-corrected chi connectivity index (χ0v) is 17.6. The lowest BCUT2D eigenvalue weighted by atomic mass is 10.1. The third-order valence-corrected chi connectivity index (χ3v) is 5.00. The number of amides is 2. The lowest BCUT2D eigenvalue weighted by Gasteiger charge is -2.14. The van der Waals surface area contributed by atoms with E-state index in [4.69, 9.17) is 4.74 Å². The van der Waals surface area contributed by atoms with Crippen LogP contribution < -0.4 is 10.6 Å². The van der Waals surface area contributed by atoms with Gasteiger partial charge in [-0.15, -0.1) is 11.8 Å². The molecule has 6 nitrogen and oxygen atoms in total. The molecule has 1 unspecified atom stereocenters. The summed E-state index contributed by atoms with van der Waals surface area (Å²) in [6.45, 7) is 5.27. The van der Waals surface area contributed by atoms with E-state index in [1.165, 1.54) is 11.8 Å². The second-order valence-corrected chi connectivity index (χ2v) is 7.80. The highest BCUT2D eigenvalue weighted by atomic mass is 32.2. The molecule has 2 N–H and O–H groups in total. The molecule has 29 heavy (non-hydrogen) atoms. The molecule has 0 aliphatic rings. The highest BCUT2D eigenvalue weighted by Crippen LogP contribution is 2.23. The summed E-state index contributed by atoms with van der Waals surface area (Å²) in [6, 6.07) is 16.3. The zero-order valence-electron chi connectivity index (χ0n) is 16.8. The van der Waals surface area contributed by atoms with Crippen LogP contribution in [0.15, 0.2) is 59.5 Å². The van der Waals surface area contributed by atoms with Gasteiger partial charge >= 0.3 is 5.97 Å². The van der Waals surface area contributed by atoms with Crippen LogP contribution in [0.25, 0.3) is 0 Å². The van der Waals surface area contributed by atoms with Gasteiger partial charge in [0, 0.05) is 10.9 Å². The van der Waals surface area contributed by atoms with E-state index >= 15 is 0 Å². The standard InChI is InChI=1S/C22H26N2O4S/c1-15(2)23-21(26)14-29-19-12-8-7-11-18(19)22(27)28-13-20(25)24-16(3)17-9-5-4-6-10-17/h4-12,15-16H,13-14H2,1-3H3,(H,23,26)(H,24,25). The molecular weight excluding hydrogens is 388 g/mol. The van der Waals surface area contributed by atoms with Crippen molar-refractivity contribution in [2.45, 2.75) is 37.8 Å². The summed E-state index contributed by atoms with van der Waals surface area (Å²) in [6.07, 6.45) is 0. The summed E-state index contributed by atoms with van der Waals surface area (Å²) in [5.41, 5.74) is 1.30. The highest BCUT2D eigenvalue weighted by Gasteiger charge is 2.17. The smallest absolute Gasteiger partial charge is 0.339 e. The van der Waals surface area contributed by atoms with Gasteiger partial charge in [-0.3, -0.25) is 9.59 Å². The molecule has 0 spiro atoms. The molecule has 0 aliphatic heterocycles. The lowest BCUT2D eigenvalue weighted by molar-refractivity contribution is -0.125. The van der Waals surface area contributed by atoms with Crippen LogP contribution in [0.4, 0.5) is 0 Å². The first-order valence-electron chi connectivity index (χ1n) is 9.39. The number of ether oxygens (including phenoxy) is 1. The van der Waals surface area contributed by atoms with Crippen LogP contribution in [0.3, 0.4) is 0 Å². The van der Waals surface area contributed by atoms with Gasteiger partial charge in [0.1, 0.15) is 0 Å². The fraction of sp³-hybridized carbons (Fsp3) is 0.318. The zero-order chi connectivity index (χ0) is 21.2. The van der Waals surface area contributed by atoms with E-state index in [9.17, 15) is 14.4 Å². The number of carbonyl (C=O) groups is 3. The summed E-state index contributed by atoms with van der Waals surface area (Å²) in [7, 11) is 0. The van der Waals surface area contributed by atoms with E-state index in [0.717, 1.165) is 5.56 Å². The Bertz CT molecular complexity index is 840. The predicted octanol–water partition coefficient (Wildman–Crippen LogP) is 3.34. The summed E-state index contributed by atoms with van der Waals surface area (Å²) in [5.74, 6) is -0.893. The molecule has 2 aromatic carbocycles. The summed E-state index contributed by atoms with van der Waals surface area (Å²) >= 11 is 1.25. The minimum Gasteiger partial charge on any atom is -0.452 e. The van der Waals surface area contributed by atoms with Gasteiger partial charge in [-0.2, -0.15) is 0 Å². The van der Waals surface area contributed by atoms with Crippen molar-refractivity contribution in [3.63, 3.8) is 0 Å². The van der Waals surface area contributed by atoms with E-state index in [1.54, 1.807) is 24.3 Å². The molecule has 154 valence electrons. The normalized spacial score (nSPS) is 11.6. The molecule has 0 saturated heterocycles. The maximum absolute atomic E-state index is 12.4. The average Bonchev–Trinajstić information content (AvgIpc) is 2.71. The SMILES string of the molecule is CC(C)NC(=O)CSc1ccccc1C(=O)OCC(=O)NC(C)c1ccccc1. The topological polar surface area (TPSA) is 84.5 Å². The molecule has 0 radical (unpaired) electrons. The first kappa shape index (κ1) is 22.5. The third-order valence-electron chi connectivity index (χ3n) is 3.93. The third kappa shape index (κ3) is 7.62. The lowest BCUT2D eigenvalue weighted by Crippen LogP contribution is -2.31. The molecular formula is C22H26N2O4S. The minimum atomic E-state index is -0.597. The van der Waals surface area contributed by atoms with Gasteiger partial charge < -0.3 is 15.4 Å². The van der Waals surface area contributed by atoms with Crippen molar-refractivity contribution in [2.75, 3.05) is 12.4 Å². The average molecular weight is 415 g/mol. The minimum absolute atomic E-state index is 0.0556. The number of carbonyl (C=O) groups excluding carboxylic acids is 3. The van der Waals surface area contributed by atoms with Crippen LogP contribution in [0.1, 0.15) is 42.7 Å². The first-order valence-corrected chi connectivity index (χ1v) is 10.4. The van der Waals surface area contributed by atoms with Gasteiger partial charge in [0.25, 0.3) is 5.91 Å². The number of hydrogen-bond acceptors (Lipinski definition) is 5. The van der Waals surface area contributed by atoms with Crippen LogP contribution >= 0.6 is 11.8 Å². The van der Waals surface area contributed by atoms with Crippen LogP contribution in [-0.4, -0.2) is 36.2 Å². The second-order valence-electron chi connectivity index (χ2n) is 6.78. The fourth-order valence-electron chi connectivity index (χ4n) is 2.59. The molecule has 0 aromatic heterocycles. The molecule has 0 fully saturated rings. The van der Waals surface area contributed by atoms with E-state index < -0.39 is 5.97 Å². The Morgan fingerprint density at radius 2 is 1.55 bits per heavy atom. The number of rotatable bonds is 9. The Morgan fingerprint density at radius 3 is 2.24 bits per heavy atom. The van der Waals surface area contributed by atoms with Crippen LogP contribution in [-0.2, 0) is 14.3 Å². The fourth-order valence-corrected chi connectivity index (χ4v) is 3.44. The Hall–Kier alpha value is -2.80. The van der Waals surface area contributed by atoms with Crippen molar-refractivity contribution in [2.24, 2.45) is 0 Å². The first-order chi connectivity index (χ1) is 13.9. The van der Waals surface area contributed by atoms with Crippen molar-refractivity contribution in [3.8, 4) is 0 Å². The molecule has 0 heterocycles. The molecule has 2 amide bonds. The molecule has 1 atom stereocenters. The second kappa shape index (κ2) is 11.3. The quantitative estimate of drug-likeness (QED) is 0.486. The van der Waals surface area contributed by atoms with E-state index in [2.05, 4.69) is 10.6 Å². The van der Waals surface area contributed by atoms with Gasteiger partial charge in [0.2, 0.25) is 5.91 Å². The number of nitrogens with one attached hydrogen (secondary N) is 2. The van der Waals surface area contributed by atoms with Gasteiger partial charge in [-0.1, -0.05) is 42.5 Å². The highest BCUT2D eigenvalue weighted by molar-refractivity contribution is 8.00. The molecule has 2 rings (SSSR count). The summed E-state index contributed by atoms with van der Waals surface area (Å²) < 4.78 is 5.17. The van der Waals surface area contributed by atoms with Gasteiger partial charge in [-0.25, -0.2) is 4.79 Å². The van der Waals surface area contributed by atoms with Gasteiger partial charge in [0.15, 0.2) is 6.61 Å². The predicted molar refractivity (Wildman–Crippen MR) is 114 cm³/mol. The number of esters is 1. The molecule has 0 aliphatic carbocycles. The van der Waals surface area contributed by atoms with Crippen LogP contribution in [0, 0.1) is 0 Å². The Kier molecular flexibility index (Phi) is 8.73. The Balaban J connectivity index is 1.88. The largest absolute Gasteiger partial charge is 0.452 e. The molecule has 0 bridgehead atoms. The van der Waals surface area contributed by atoms with Crippen molar-refractivity contribution in [1.82, 2.24) is 10.6 Å². The molecule has 7 heteroatoms. The molecule has 2 aromatic rings. The summed E-state index contributed by atoms with van der Waals surface area (Å²) in [4.78, 5) is 37.0. The molecule has 0 saturated carbocycles. The van der Waals surface area contributed by atoms with Crippen molar-refractivity contribution in [1.29, 1.82) is 0 Å². The number of hydrogen-bond donors (Lipinski definition) is 2. The van der Waals surface area contributed by atoms with Crippen LogP contribution in [0.2, 0.25) is 0 Å². The van der Waals surface area contributed by atoms with E-state index in [0.29, 0.717) is 10.5 Å². The van der Waals surface area contributed by atoms with Crippen molar-refractivity contribution >= 4 is 29.5 Å². The van der Waals surface area contributed by atoms with E-state index in [-0.39, 0.29) is 36.3 Å². The van der Waals surface area contributed by atoms with Gasteiger partial charge in [-0.05, 0) is 38.5 Å².